The molecule has 14 rings (SSSR count). The number of allylic oxidation sites excluding steroid dienone is 7. The first kappa shape index (κ1) is 53.1. The van der Waals surface area contributed by atoms with Crippen LogP contribution in [0.15, 0.2) is 147 Å². The predicted octanol–water partition coefficient (Wildman–Crippen LogP) is 2.90. The number of benzene rings is 3. The summed E-state index contributed by atoms with van der Waals surface area (Å²) in [5.41, 5.74) is 5.73. The Bertz CT molecular complexity index is 3840. The SMILES string of the molecule is CCc1cc(O)cc(C(O)Oc2c(OC3OC(C(=O)O)C4(O)C(O)C3(O)C=C3C4(C4CNCN4)CC4C=CC56C=CC7=C8C(=C(N)NC7)C=CC4(CC5)C386)cc3oc(-c4ccc(OC(CO)C(O)c5ccc(N)[nH]5)cc4)cc(=O)c3c2O)c1. The van der Waals surface area contributed by atoms with Crippen molar-refractivity contribution in [1.82, 2.24) is 20.9 Å². The number of nitrogens with one attached hydrogen (secondary N) is 4. The number of aliphatic carboxylic acids is 1. The molecule has 22 heteroatoms. The van der Waals surface area contributed by atoms with E-state index in [2.05, 4.69) is 51.3 Å². The van der Waals surface area contributed by atoms with Gasteiger partial charge in [0.05, 0.1) is 6.61 Å². The average Bonchev–Trinajstić information content (AvgIpc) is 1.61. The van der Waals surface area contributed by atoms with Crippen LogP contribution in [-0.2, 0) is 16.0 Å². The number of anilines is 1. The largest absolute Gasteiger partial charge is 0.508 e. The van der Waals surface area contributed by atoms with E-state index in [1.807, 2.05) is 13.0 Å². The van der Waals surface area contributed by atoms with E-state index in [-0.39, 0.29) is 54.0 Å². The topological polar surface area (TPSA) is 370 Å². The molecule has 3 aliphatic heterocycles. The number of hydrogen-bond donors (Lipinski definition) is 15. The summed E-state index contributed by atoms with van der Waals surface area (Å²) in [4.78, 5) is 31.4. The molecule has 6 bridgehead atoms. The molecule has 2 aromatic heterocycles. The van der Waals surface area contributed by atoms with Crippen LogP contribution in [0.25, 0.3) is 22.3 Å². The van der Waals surface area contributed by atoms with Gasteiger partial charge in [0.15, 0.2) is 34.7 Å². The minimum atomic E-state index is -2.85. The number of rotatable bonds is 14. The zero-order chi connectivity index (χ0) is 57.9. The summed E-state index contributed by atoms with van der Waals surface area (Å²) in [6.45, 7) is 2.12. The average molecular weight is 1140 g/mol. The number of H-pyrrole nitrogens is 1. The van der Waals surface area contributed by atoms with E-state index >= 15 is 0 Å². The molecule has 0 radical (unpaired) electrons. The summed E-state index contributed by atoms with van der Waals surface area (Å²) in [5, 5.41) is 118. The Labute approximate surface area is 473 Å². The Hall–Kier alpha value is -7.90. The first-order valence-corrected chi connectivity index (χ1v) is 27.7. The molecule has 3 aromatic carbocycles. The van der Waals surface area contributed by atoms with E-state index in [9.17, 15) is 55.5 Å². The second-order valence-electron chi connectivity index (χ2n) is 23.4. The van der Waals surface area contributed by atoms with Crippen molar-refractivity contribution in [2.24, 2.45) is 33.3 Å². The number of nitrogen functional groups attached to an aromatic ring is 1. The van der Waals surface area contributed by atoms with E-state index in [4.69, 9.17) is 34.8 Å². The summed E-state index contributed by atoms with van der Waals surface area (Å²) >= 11 is 0. The van der Waals surface area contributed by atoms with Crippen molar-refractivity contribution >= 4 is 22.8 Å². The Morgan fingerprint density at radius 1 is 0.964 bits per heavy atom. The Balaban J connectivity index is 0.935. The van der Waals surface area contributed by atoms with Crippen LogP contribution in [0, 0.1) is 27.6 Å². The molecular weight excluding hydrogens is 1070 g/mol. The molecule has 5 aromatic rings. The predicted molar refractivity (Wildman–Crippen MR) is 296 cm³/mol. The number of nitrogens with two attached hydrogens (primary N) is 2. The van der Waals surface area contributed by atoms with E-state index < -0.39 is 117 Å². The van der Waals surface area contributed by atoms with Gasteiger partial charge in [0.1, 0.15) is 57.7 Å². The van der Waals surface area contributed by atoms with E-state index in [0.29, 0.717) is 59.8 Å². The quantitative estimate of drug-likeness (QED) is 0.0561. The minimum Gasteiger partial charge on any atom is -0.508 e. The molecule has 22 nitrogen and oxygen atoms in total. The smallest absolute Gasteiger partial charge is 0.336 e. The van der Waals surface area contributed by atoms with Gasteiger partial charge >= 0.3 is 5.97 Å². The molecule has 432 valence electrons. The summed E-state index contributed by atoms with van der Waals surface area (Å²) in [7, 11) is 0. The number of carbonyl (C=O) groups is 1. The Kier molecular flexibility index (Phi) is 11.7. The van der Waals surface area contributed by atoms with Crippen LogP contribution in [0.2, 0.25) is 0 Å². The highest BCUT2D eigenvalue weighted by atomic mass is 16.7. The first-order valence-electron chi connectivity index (χ1n) is 27.7. The highest BCUT2D eigenvalue weighted by Gasteiger charge is 2.86. The zero-order valence-electron chi connectivity index (χ0n) is 44.7. The minimum absolute atomic E-state index is 0.0183. The fourth-order valence-corrected chi connectivity index (χ4v) is 16.1. The Morgan fingerprint density at radius 2 is 1.77 bits per heavy atom. The molecule has 83 heavy (non-hydrogen) atoms. The molecule has 0 amide bonds. The van der Waals surface area contributed by atoms with Crippen LogP contribution < -0.4 is 47.1 Å². The summed E-state index contributed by atoms with van der Waals surface area (Å²) < 4.78 is 31.5. The third-order valence-corrected chi connectivity index (χ3v) is 19.6. The number of aliphatic hydroxyl groups is 6. The van der Waals surface area contributed by atoms with Gasteiger partial charge in [0.2, 0.25) is 18.3 Å². The molecule has 2 saturated heterocycles. The van der Waals surface area contributed by atoms with Crippen molar-refractivity contribution in [3.8, 4) is 40.1 Å². The summed E-state index contributed by atoms with van der Waals surface area (Å²) in [5.74, 6) is -3.58. The van der Waals surface area contributed by atoms with Crippen LogP contribution >= 0.6 is 0 Å². The van der Waals surface area contributed by atoms with Gasteiger partial charge in [-0.3, -0.25) is 10.1 Å². The van der Waals surface area contributed by atoms with E-state index in [1.54, 1.807) is 18.2 Å². The maximum Gasteiger partial charge on any atom is 0.336 e. The molecule has 17 N–H and O–H groups in total. The normalized spacial score (nSPS) is 34.2. The Morgan fingerprint density at radius 3 is 2.49 bits per heavy atom. The van der Waals surface area contributed by atoms with Crippen molar-refractivity contribution in [3.63, 3.8) is 0 Å². The number of aromatic hydroxyl groups is 2. The van der Waals surface area contributed by atoms with Gasteiger partial charge in [-0.25, -0.2) is 4.79 Å². The second-order valence-corrected chi connectivity index (χ2v) is 23.4. The zero-order valence-corrected chi connectivity index (χ0v) is 44.7. The number of hydrogen-bond acceptors (Lipinski definition) is 20. The lowest BCUT2D eigenvalue weighted by atomic mass is 9.29. The van der Waals surface area contributed by atoms with Gasteiger partial charge in [-0.05, 0) is 115 Å². The highest BCUT2D eigenvalue weighted by Crippen LogP contribution is 2.86. The first-order chi connectivity index (χ1) is 39.8. The number of phenols is 2. The van der Waals surface area contributed by atoms with Gasteiger partial charge in [0.25, 0.3) is 0 Å². The number of carboxylic acids is 1. The van der Waals surface area contributed by atoms with Crippen LogP contribution in [0.1, 0.15) is 55.4 Å². The van der Waals surface area contributed by atoms with E-state index in [1.165, 1.54) is 42.5 Å². The second kappa shape index (κ2) is 18.3. The molecule has 5 heterocycles. The molecular formula is C61H62N6O16. The maximum atomic E-state index is 14.3. The van der Waals surface area contributed by atoms with Gasteiger partial charge in [-0.1, -0.05) is 43.4 Å². The van der Waals surface area contributed by atoms with Gasteiger partial charge < -0.3 is 96.4 Å². The number of ether oxygens (including phenoxy) is 4. The number of aromatic amines is 1. The van der Waals surface area contributed by atoms with E-state index in [0.717, 1.165) is 28.9 Å². The van der Waals surface area contributed by atoms with Crippen molar-refractivity contribution < 1.29 is 74.1 Å². The number of phenolic OH excluding ortho intramolecular Hbond substituents is 2. The number of dihydropyridines is 1. The van der Waals surface area contributed by atoms with Gasteiger partial charge in [-0.2, -0.15) is 0 Å². The number of aliphatic hydroxyl groups excluding tert-OH is 4. The van der Waals surface area contributed by atoms with Crippen LogP contribution in [0.3, 0.4) is 0 Å². The molecule has 4 fully saturated rings. The third-order valence-electron chi connectivity index (χ3n) is 19.6. The van der Waals surface area contributed by atoms with Crippen LogP contribution in [0.4, 0.5) is 5.82 Å². The monoisotopic (exact) mass is 1130 g/mol. The lowest BCUT2D eigenvalue weighted by molar-refractivity contribution is -0.365. The molecule has 14 atom stereocenters. The fraction of sp³-hybridized carbons (Fsp3) is 0.377. The number of aryl methyl sites for hydroxylation is 1. The number of aromatic nitrogens is 1. The van der Waals surface area contributed by atoms with Crippen molar-refractivity contribution in [2.75, 3.05) is 32.1 Å². The molecule has 9 aliphatic rings. The van der Waals surface area contributed by atoms with Crippen molar-refractivity contribution in [1.29, 1.82) is 0 Å². The summed E-state index contributed by atoms with van der Waals surface area (Å²) in [6.07, 6.45) is 4.81. The highest BCUT2D eigenvalue weighted by molar-refractivity contribution is 5.90. The number of carboxylic acid groups (broad SMARTS) is 1. The van der Waals surface area contributed by atoms with Crippen LogP contribution in [0.5, 0.6) is 28.7 Å². The lowest BCUT2D eigenvalue weighted by Gasteiger charge is -2.75. The fourth-order valence-electron chi connectivity index (χ4n) is 16.1. The van der Waals surface area contributed by atoms with Gasteiger partial charge in [-0.15, -0.1) is 0 Å². The molecule has 2 saturated carbocycles. The third kappa shape index (κ3) is 6.97. The van der Waals surface area contributed by atoms with Crippen molar-refractivity contribution in [2.45, 2.75) is 86.8 Å². The summed E-state index contributed by atoms with van der Waals surface area (Å²) in [6, 6.07) is 14.9. The van der Waals surface area contributed by atoms with Crippen LogP contribution in [-0.4, -0.2) is 125 Å². The molecule has 6 aliphatic carbocycles. The van der Waals surface area contributed by atoms with Crippen molar-refractivity contribution in [3.05, 3.63) is 164 Å². The number of fused-ring (bicyclic) bond motifs is 5. The molecule has 14 unspecified atom stereocenters. The molecule has 1 spiro atoms. The van der Waals surface area contributed by atoms with Gasteiger partial charge in [0, 0.05) is 82.0 Å². The lowest BCUT2D eigenvalue weighted by Crippen LogP contribution is -2.86. The maximum absolute atomic E-state index is 14.3. The standard InChI is InChI=1S/C61H62N6O16/c1-2-28-17-31(19-33(69)18-28)53(75)82-49-40(21-39-45(48(49)72)37(70)20-38(80-39)29-3-5-34(6-4-29)79-41(26-68)47(71)36-7-8-44(62)67-36)81-55-59(77)23-42-58(43-25-64-27-66-43,61(78,54(59)76)50(83-55)52(73)74)22-32-10-13-56-12-9-30-24-65-51(63)35-11-14-57(32,16-15-56)60(42,56)46(30)35/h3-14,17-21,23,32,41,43,47,50,53-55,64-69,71-72,75-78H,2,15-16,22,24-27,62-63H2,1H3,(H,73,74).